The number of fused-ring (bicyclic) bond motifs is 6. The molecule has 3 aliphatic heterocycles. The fourth-order valence-corrected chi connectivity index (χ4v) is 12.7. The third kappa shape index (κ3) is 5.51. The van der Waals surface area contributed by atoms with Gasteiger partial charge in [0.05, 0.1) is 36.5 Å². The van der Waals surface area contributed by atoms with E-state index in [1.165, 1.54) is 43.2 Å². The molecule has 276 valence electrons. The van der Waals surface area contributed by atoms with E-state index in [0.29, 0.717) is 53.5 Å². The number of benzene rings is 1. The van der Waals surface area contributed by atoms with Crippen LogP contribution in [0, 0.1) is 41.4 Å². The van der Waals surface area contributed by atoms with Gasteiger partial charge in [-0.3, -0.25) is 0 Å². The maximum atomic E-state index is 7.26. The third-order valence-electron chi connectivity index (χ3n) is 14.9. The van der Waals surface area contributed by atoms with Crippen molar-refractivity contribution < 1.29 is 9.47 Å². The lowest BCUT2D eigenvalue weighted by Crippen LogP contribution is -2.56. The molecule has 0 radical (unpaired) electrons. The smallest absolute Gasteiger partial charge is 0.0841 e. The van der Waals surface area contributed by atoms with Crippen LogP contribution in [0.25, 0.3) is 5.57 Å². The monoisotopic (exact) mass is 713 g/mol. The number of hydrogen-bond acceptors (Lipinski definition) is 3. The molecular weight excluding hydrogens is 659 g/mol. The Labute approximate surface area is 322 Å². The Balaban J connectivity index is 1.03. The predicted octanol–water partition coefficient (Wildman–Crippen LogP) is 11.0. The first-order valence-corrected chi connectivity index (χ1v) is 21.4. The average Bonchev–Trinajstić information content (AvgIpc) is 3.56. The van der Waals surface area contributed by atoms with Gasteiger partial charge in [-0.25, -0.2) is 0 Å². The van der Waals surface area contributed by atoms with E-state index in [1.54, 1.807) is 28.0 Å². The molecule has 2 fully saturated rings. The van der Waals surface area contributed by atoms with Crippen LogP contribution in [-0.2, 0) is 9.47 Å². The summed E-state index contributed by atoms with van der Waals surface area (Å²) in [6, 6.07) is 11.9. The summed E-state index contributed by atoms with van der Waals surface area (Å²) in [5, 5.41) is 0. The Morgan fingerprint density at radius 1 is 0.778 bits per heavy atom. The molecule has 0 amide bonds. The SMILES string of the molecule is CC1C=CC2OC3C=CC(c4ccccc4)=CC3C(C3C4=CCCCC4OC4C=CC=C(C5=CC6C(CC5)C5=C(CCC=C5)N6C5C=CC=CC5)C43)C2C1. The van der Waals surface area contributed by atoms with Crippen LogP contribution >= 0.6 is 0 Å². The minimum absolute atomic E-state index is 0.0852. The van der Waals surface area contributed by atoms with Gasteiger partial charge in [-0.1, -0.05) is 134 Å². The first-order chi connectivity index (χ1) is 26.7. The minimum atomic E-state index is 0.0852. The highest BCUT2D eigenvalue weighted by Gasteiger charge is 2.56. The second kappa shape index (κ2) is 13.7. The van der Waals surface area contributed by atoms with Crippen molar-refractivity contribution in [3.8, 4) is 0 Å². The van der Waals surface area contributed by atoms with Gasteiger partial charge in [0.1, 0.15) is 0 Å². The van der Waals surface area contributed by atoms with Gasteiger partial charge < -0.3 is 14.4 Å². The van der Waals surface area contributed by atoms with Gasteiger partial charge in [0.25, 0.3) is 0 Å². The molecular formula is C51H55NO2. The summed E-state index contributed by atoms with van der Waals surface area (Å²) in [7, 11) is 0. The quantitative estimate of drug-likeness (QED) is 0.290. The largest absolute Gasteiger partial charge is 0.366 e. The standard InChI is InChI=1S/C51H55NO2/c1-32-23-27-46-41(29-32)49(42-30-34(25-28-47(42)53-46)33-13-4-2-5-14-33)51-40-18-9-11-21-45(40)54-48-22-12-19-37(50(48)51)35-24-26-39-38-17-8-10-20-43(38)52(44(39)31-35)36-15-6-3-7-16-36/h2-8,12-15,17-19,22-23,25,27-28,30-32,36,39,41-42,44-51H,9-11,16,20-21,24,26,29H2,1H3. The molecule has 3 heterocycles. The molecule has 7 aliphatic carbocycles. The van der Waals surface area contributed by atoms with E-state index in [4.69, 9.17) is 9.47 Å². The van der Waals surface area contributed by atoms with Gasteiger partial charge in [0.15, 0.2) is 0 Å². The van der Waals surface area contributed by atoms with Crippen molar-refractivity contribution in [1.29, 1.82) is 0 Å². The molecule has 0 aromatic heterocycles. The van der Waals surface area contributed by atoms with Crippen LogP contribution in [0.1, 0.15) is 70.3 Å². The summed E-state index contributed by atoms with van der Waals surface area (Å²) in [4.78, 5) is 2.85. The van der Waals surface area contributed by atoms with Crippen LogP contribution in [0.5, 0.6) is 0 Å². The van der Waals surface area contributed by atoms with Gasteiger partial charge in [-0.15, -0.1) is 0 Å². The van der Waals surface area contributed by atoms with Crippen LogP contribution < -0.4 is 0 Å². The lowest BCUT2D eigenvalue weighted by Gasteiger charge is -2.57. The van der Waals surface area contributed by atoms with E-state index < -0.39 is 0 Å². The third-order valence-corrected chi connectivity index (χ3v) is 14.9. The molecule has 13 unspecified atom stereocenters. The van der Waals surface area contributed by atoms with Gasteiger partial charge in [-0.05, 0) is 115 Å². The Bertz CT molecular complexity index is 2010. The Morgan fingerprint density at radius 2 is 1.72 bits per heavy atom. The second-order valence-corrected chi connectivity index (χ2v) is 17.8. The number of ether oxygens (including phenoxy) is 2. The molecule has 3 heteroatoms. The van der Waals surface area contributed by atoms with Crippen molar-refractivity contribution in [2.75, 3.05) is 0 Å². The molecule has 0 spiro atoms. The van der Waals surface area contributed by atoms with Gasteiger partial charge in [-0.2, -0.15) is 0 Å². The molecule has 54 heavy (non-hydrogen) atoms. The summed E-state index contributed by atoms with van der Waals surface area (Å²) in [6.45, 7) is 2.42. The first kappa shape index (κ1) is 33.4. The summed E-state index contributed by atoms with van der Waals surface area (Å²) >= 11 is 0. The summed E-state index contributed by atoms with van der Waals surface area (Å²) < 4.78 is 14.3. The molecule has 0 saturated carbocycles. The molecule has 3 nitrogen and oxygen atoms in total. The molecule has 13 atom stereocenters. The van der Waals surface area contributed by atoms with E-state index in [0.717, 1.165) is 25.7 Å². The molecule has 11 rings (SSSR count). The second-order valence-electron chi connectivity index (χ2n) is 17.8. The maximum absolute atomic E-state index is 7.26. The Kier molecular flexibility index (Phi) is 8.46. The van der Waals surface area contributed by atoms with Gasteiger partial charge in [0.2, 0.25) is 0 Å². The molecule has 10 aliphatic rings. The summed E-state index contributed by atoms with van der Waals surface area (Å²) in [5.41, 5.74) is 10.7. The lowest BCUT2D eigenvalue weighted by atomic mass is 9.54. The van der Waals surface area contributed by atoms with Crippen LogP contribution in [0.15, 0.2) is 156 Å². The highest BCUT2D eigenvalue weighted by Crippen LogP contribution is 2.58. The van der Waals surface area contributed by atoms with E-state index in [9.17, 15) is 0 Å². The van der Waals surface area contributed by atoms with Crippen molar-refractivity contribution in [2.45, 2.75) is 101 Å². The summed E-state index contributed by atoms with van der Waals surface area (Å²) in [6.07, 6.45) is 50.2. The van der Waals surface area contributed by atoms with Crippen molar-refractivity contribution >= 4 is 5.57 Å². The normalized spacial score (nSPS) is 41.4. The molecule has 1 aromatic carbocycles. The summed E-state index contributed by atoms with van der Waals surface area (Å²) in [5.74, 6) is 3.09. The first-order valence-electron chi connectivity index (χ1n) is 21.4. The molecule has 0 N–H and O–H groups in total. The molecule has 0 bridgehead atoms. The van der Waals surface area contributed by atoms with Crippen molar-refractivity contribution in [1.82, 2.24) is 4.90 Å². The minimum Gasteiger partial charge on any atom is -0.366 e. The topological polar surface area (TPSA) is 21.7 Å². The highest BCUT2D eigenvalue weighted by molar-refractivity contribution is 5.75. The van der Waals surface area contributed by atoms with Crippen LogP contribution in [-0.4, -0.2) is 41.4 Å². The number of nitrogens with zero attached hydrogens (tertiary/aromatic N) is 1. The number of allylic oxidation sites excluding steroid dienone is 12. The maximum Gasteiger partial charge on any atom is 0.0841 e. The zero-order chi connectivity index (χ0) is 35.8. The number of hydrogen-bond donors (Lipinski definition) is 0. The zero-order valence-corrected chi connectivity index (χ0v) is 31.8. The van der Waals surface area contributed by atoms with E-state index in [-0.39, 0.29) is 24.4 Å². The van der Waals surface area contributed by atoms with E-state index in [2.05, 4.69) is 139 Å². The highest BCUT2D eigenvalue weighted by atomic mass is 16.5. The van der Waals surface area contributed by atoms with E-state index >= 15 is 0 Å². The Morgan fingerprint density at radius 3 is 2.63 bits per heavy atom. The van der Waals surface area contributed by atoms with Crippen molar-refractivity contribution in [3.63, 3.8) is 0 Å². The van der Waals surface area contributed by atoms with Crippen LogP contribution in [0.4, 0.5) is 0 Å². The van der Waals surface area contributed by atoms with Crippen LogP contribution in [0.2, 0.25) is 0 Å². The van der Waals surface area contributed by atoms with Gasteiger partial charge >= 0.3 is 0 Å². The van der Waals surface area contributed by atoms with Crippen LogP contribution in [0.3, 0.4) is 0 Å². The predicted molar refractivity (Wildman–Crippen MR) is 219 cm³/mol. The van der Waals surface area contributed by atoms with Gasteiger partial charge in [0, 0.05) is 23.5 Å². The average molecular weight is 714 g/mol. The lowest BCUT2D eigenvalue weighted by molar-refractivity contribution is -0.137. The van der Waals surface area contributed by atoms with E-state index in [1.807, 2.05) is 0 Å². The molecule has 2 saturated heterocycles. The van der Waals surface area contributed by atoms with Crippen molar-refractivity contribution in [2.24, 2.45) is 41.4 Å². The van der Waals surface area contributed by atoms with Crippen molar-refractivity contribution in [3.05, 3.63) is 161 Å². The Hall–Kier alpha value is -3.92. The fourth-order valence-electron chi connectivity index (χ4n) is 12.7. The number of rotatable bonds is 4. The fraction of sp³-hybridized carbons (Fsp3) is 0.451. The zero-order valence-electron chi connectivity index (χ0n) is 31.8. The molecule has 1 aromatic rings.